The van der Waals surface area contributed by atoms with E-state index in [0.717, 1.165) is 42.9 Å². The molecule has 0 aliphatic carbocycles. The van der Waals surface area contributed by atoms with Crippen molar-refractivity contribution in [1.29, 1.82) is 0 Å². The Morgan fingerprint density at radius 2 is 2.41 bits per heavy atom. The lowest BCUT2D eigenvalue weighted by Gasteiger charge is -2.33. The summed E-state index contributed by atoms with van der Waals surface area (Å²) in [5, 5.41) is 7.02. The van der Waals surface area contributed by atoms with E-state index in [2.05, 4.69) is 24.0 Å². The van der Waals surface area contributed by atoms with Gasteiger partial charge in [0, 0.05) is 30.1 Å². The molecule has 0 spiro atoms. The van der Waals surface area contributed by atoms with Gasteiger partial charge < -0.3 is 9.42 Å². The van der Waals surface area contributed by atoms with Crippen LogP contribution in [-0.4, -0.2) is 27.5 Å². The number of aromatic nitrogens is 2. The molecule has 1 amide bonds. The van der Waals surface area contributed by atoms with Gasteiger partial charge in [-0.25, -0.2) is 4.98 Å². The van der Waals surface area contributed by atoms with Crippen LogP contribution in [0.1, 0.15) is 72.7 Å². The number of hydrogen-bond donors (Lipinski definition) is 0. The molecule has 2 aromatic rings. The number of rotatable bonds is 4. The van der Waals surface area contributed by atoms with Crippen LogP contribution in [0.2, 0.25) is 0 Å². The van der Waals surface area contributed by atoms with Crippen LogP contribution in [0.4, 0.5) is 0 Å². The highest BCUT2D eigenvalue weighted by Crippen LogP contribution is 2.33. The van der Waals surface area contributed by atoms with E-state index in [9.17, 15) is 4.79 Å². The van der Waals surface area contributed by atoms with Crippen molar-refractivity contribution in [1.82, 2.24) is 15.0 Å². The van der Waals surface area contributed by atoms with Gasteiger partial charge in [0.05, 0.1) is 11.7 Å². The van der Waals surface area contributed by atoms with Gasteiger partial charge >= 0.3 is 0 Å². The number of nitrogens with zero attached hydrogens (tertiary/aromatic N) is 3. The molecular formula is C16H21N3O2S. The Balaban J connectivity index is 1.81. The molecule has 3 heterocycles. The standard InChI is InChI=1S/C16H21N3O2S/c1-3-11(2)12-10-14(21-18-12)16(20)19-8-5-4-6-13(19)15-17-7-9-22-15/h7,9-11,13H,3-6,8H2,1-2H3. The zero-order valence-electron chi connectivity index (χ0n) is 13.0. The largest absolute Gasteiger partial charge is 0.351 e. The van der Waals surface area contributed by atoms with E-state index in [1.54, 1.807) is 23.6 Å². The number of hydrogen-bond acceptors (Lipinski definition) is 5. The molecule has 2 atom stereocenters. The molecule has 2 unspecified atom stereocenters. The highest BCUT2D eigenvalue weighted by molar-refractivity contribution is 7.09. The number of likely N-dealkylation sites (tertiary alicyclic amines) is 1. The van der Waals surface area contributed by atoms with E-state index < -0.39 is 0 Å². The highest BCUT2D eigenvalue weighted by atomic mass is 32.1. The molecule has 1 fully saturated rings. The Hall–Kier alpha value is -1.69. The van der Waals surface area contributed by atoms with Crippen LogP contribution >= 0.6 is 11.3 Å². The zero-order chi connectivity index (χ0) is 15.5. The molecule has 22 heavy (non-hydrogen) atoms. The van der Waals surface area contributed by atoms with Crippen molar-refractivity contribution in [2.75, 3.05) is 6.54 Å². The summed E-state index contributed by atoms with van der Waals surface area (Å²) < 4.78 is 5.31. The smallest absolute Gasteiger partial charge is 0.293 e. The van der Waals surface area contributed by atoms with Crippen LogP contribution in [0.15, 0.2) is 22.2 Å². The van der Waals surface area contributed by atoms with Gasteiger partial charge in [0.15, 0.2) is 0 Å². The molecule has 2 aromatic heterocycles. The van der Waals surface area contributed by atoms with Gasteiger partial charge in [-0.15, -0.1) is 11.3 Å². The topological polar surface area (TPSA) is 59.2 Å². The van der Waals surface area contributed by atoms with Crippen molar-refractivity contribution in [3.8, 4) is 0 Å². The lowest BCUT2D eigenvalue weighted by molar-refractivity contribution is 0.0569. The summed E-state index contributed by atoms with van der Waals surface area (Å²) >= 11 is 1.61. The maximum absolute atomic E-state index is 12.8. The summed E-state index contributed by atoms with van der Waals surface area (Å²) in [6.07, 6.45) is 5.90. The van der Waals surface area contributed by atoms with E-state index >= 15 is 0 Å². The molecular weight excluding hydrogens is 298 g/mol. The van der Waals surface area contributed by atoms with Crippen LogP contribution in [-0.2, 0) is 0 Å². The Kier molecular flexibility index (Phi) is 4.57. The quantitative estimate of drug-likeness (QED) is 0.854. The number of amides is 1. The first kappa shape index (κ1) is 15.2. The average molecular weight is 319 g/mol. The van der Waals surface area contributed by atoms with Gasteiger partial charge in [0.25, 0.3) is 5.91 Å². The molecule has 0 aromatic carbocycles. The van der Waals surface area contributed by atoms with Gasteiger partial charge in [0.2, 0.25) is 5.76 Å². The van der Waals surface area contributed by atoms with Crippen molar-refractivity contribution < 1.29 is 9.32 Å². The predicted octanol–water partition coefficient (Wildman–Crippen LogP) is 4.01. The van der Waals surface area contributed by atoms with E-state index in [4.69, 9.17) is 4.52 Å². The number of carbonyl (C=O) groups is 1. The molecule has 6 heteroatoms. The lowest BCUT2D eigenvalue weighted by atomic mass is 10.0. The Bertz CT molecular complexity index is 623. The Labute approximate surface area is 134 Å². The van der Waals surface area contributed by atoms with E-state index in [-0.39, 0.29) is 11.9 Å². The molecule has 1 aliphatic rings. The van der Waals surface area contributed by atoms with Crippen molar-refractivity contribution in [3.63, 3.8) is 0 Å². The van der Waals surface area contributed by atoms with Gasteiger partial charge in [-0.1, -0.05) is 19.0 Å². The third kappa shape index (κ3) is 2.92. The number of piperidine rings is 1. The summed E-state index contributed by atoms with van der Waals surface area (Å²) in [6, 6.07) is 1.86. The Morgan fingerprint density at radius 3 is 3.14 bits per heavy atom. The molecule has 1 aliphatic heterocycles. The van der Waals surface area contributed by atoms with Gasteiger partial charge in [-0.05, 0) is 25.7 Å². The maximum Gasteiger partial charge on any atom is 0.293 e. The monoisotopic (exact) mass is 319 g/mol. The molecule has 118 valence electrons. The third-order valence-corrected chi connectivity index (χ3v) is 5.23. The minimum atomic E-state index is -0.0676. The second kappa shape index (κ2) is 6.60. The fourth-order valence-corrected chi connectivity index (χ4v) is 3.59. The van der Waals surface area contributed by atoms with Gasteiger partial charge in [-0.3, -0.25) is 4.79 Å². The van der Waals surface area contributed by atoms with E-state index in [0.29, 0.717) is 11.7 Å². The first-order valence-corrected chi connectivity index (χ1v) is 8.75. The first-order chi connectivity index (χ1) is 10.7. The summed E-state index contributed by atoms with van der Waals surface area (Å²) in [7, 11) is 0. The molecule has 0 radical (unpaired) electrons. The number of thiazole rings is 1. The van der Waals surface area contributed by atoms with Gasteiger partial charge in [0.1, 0.15) is 5.01 Å². The SMILES string of the molecule is CCC(C)c1cc(C(=O)N2CCCCC2c2nccs2)on1. The molecule has 1 saturated heterocycles. The van der Waals surface area contributed by atoms with Crippen LogP contribution in [0.25, 0.3) is 0 Å². The van der Waals surface area contributed by atoms with Crippen LogP contribution in [0.3, 0.4) is 0 Å². The van der Waals surface area contributed by atoms with Crippen LogP contribution in [0, 0.1) is 0 Å². The normalized spacial score (nSPS) is 20.1. The molecule has 0 bridgehead atoms. The van der Waals surface area contributed by atoms with Crippen molar-refractivity contribution in [3.05, 3.63) is 34.1 Å². The van der Waals surface area contributed by atoms with Crippen molar-refractivity contribution in [2.45, 2.75) is 51.5 Å². The van der Waals surface area contributed by atoms with E-state index in [1.165, 1.54) is 0 Å². The van der Waals surface area contributed by atoms with Crippen LogP contribution < -0.4 is 0 Å². The van der Waals surface area contributed by atoms with Crippen molar-refractivity contribution in [2.24, 2.45) is 0 Å². The molecule has 5 nitrogen and oxygen atoms in total. The molecule has 0 N–H and O–H groups in total. The zero-order valence-corrected chi connectivity index (χ0v) is 13.8. The summed E-state index contributed by atoms with van der Waals surface area (Å²) in [5.41, 5.74) is 0.855. The second-order valence-electron chi connectivity index (χ2n) is 5.81. The summed E-state index contributed by atoms with van der Waals surface area (Å²) in [4.78, 5) is 19.1. The Morgan fingerprint density at radius 1 is 1.55 bits per heavy atom. The van der Waals surface area contributed by atoms with E-state index in [1.807, 2.05) is 10.3 Å². The third-order valence-electron chi connectivity index (χ3n) is 4.36. The lowest BCUT2D eigenvalue weighted by Crippen LogP contribution is -2.38. The summed E-state index contributed by atoms with van der Waals surface area (Å²) in [6.45, 7) is 4.94. The minimum Gasteiger partial charge on any atom is -0.351 e. The van der Waals surface area contributed by atoms with Gasteiger partial charge in [-0.2, -0.15) is 0 Å². The minimum absolute atomic E-state index is 0.0676. The molecule has 0 saturated carbocycles. The number of carbonyl (C=O) groups excluding carboxylic acids is 1. The fourth-order valence-electron chi connectivity index (χ4n) is 2.80. The average Bonchev–Trinajstić information content (AvgIpc) is 3.25. The van der Waals surface area contributed by atoms with Crippen molar-refractivity contribution >= 4 is 17.2 Å². The highest BCUT2D eigenvalue weighted by Gasteiger charge is 2.32. The first-order valence-electron chi connectivity index (χ1n) is 7.87. The second-order valence-corrected chi connectivity index (χ2v) is 6.73. The fraction of sp³-hybridized carbons (Fsp3) is 0.562. The molecule has 3 rings (SSSR count). The maximum atomic E-state index is 12.8. The predicted molar refractivity (Wildman–Crippen MR) is 85.0 cm³/mol. The summed E-state index contributed by atoms with van der Waals surface area (Å²) in [5.74, 6) is 0.585. The van der Waals surface area contributed by atoms with Crippen LogP contribution in [0.5, 0.6) is 0 Å².